The van der Waals surface area contributed by atoms with E-state index in [9.17, 15) is 9.59 Å². The van der Waals surface area contributed by atoms with Gasteiger partial charge < -0.3 is 14.6 Å². The summed E-state index contributed by atoms with van der Waals surface area (Å²) < 4.78 is 6.09. The van der Waals surface area contributed by atoms with Crippen LogP contribution in [0.15, 0.2) is 62.2 Å². The van der Waals surface area contributed by atoms with Crippen LogP contribution in [0.5, 0.6) is 0 Å². The second kappa shape index (κ2) is 7.74. The second-order valence-electron chi connectivity index (χ2n) is 5.80. The summed E-state index contributed by atoms with van der Waals surface area (Å²) in [4.78, 5) is 26.8. The summed E-state index contributed by atoms with van der Waals surface area (Å²) in [5.41, 5.74) is 1.47. The first-order chi connectivity index (χ1) is 12.5. The van der Waals surface area contributed by atoms with Crippen LogP contribution in [0.4, 0.5) is 11.4 Å². The summed E-state index contributed by atoms with van der Waals surface area (Å²) in [6.45, 7) is 6.01. The maximum atomic E-state index is 12.5. The molecular formula is C20H19BrN2O3. The van der Waals surface area contributed by atoms with Crippen LogP contribution in [0.25, 0.3) is 11.0 Å². The summed E-state index contributed by atoms with van der Waals surface area (Å²) in [6, 6.07) is 14.4. The third-order valence-corrected chi connectivity index (χ3v) is 4.69. The van der Waals surface area contributed by atoms with Gasteiger partial charge in [0.05, 0.1) is 0 Å². The van der Waals surface area contributed by atoms with Crippen LogP contribution in [0.3, 0.4) is 0 Å². The van der Waals surface area contributed by atoms with Gasteiger partial charge in [-0.15, -0.1) is 0 Å². The minimum atomic E-state index is -0.655. The molecule has 3 rings (SSSR count). The minimum Gasteiger partial charge on any atom is -0.422 e. The van der Waals surface area contributed by atoms with Gasteiger partial charge in [-0.1, -0.05) is 15.9 Å². The highest BCUT2D eigenvalue weighted by Gasteiger charge is 2.14. The zero-order valence-corrected chi connectivity index (χ0v) is 16.2. The van der Waals surface area contributed by atoms with Crippen molar-refractivity contribution in [2.24, 2.45) is 0 Å². The smallest absolute Gasteiger partial charge is 0.349 e. The molecule has 2 aromatic carbocycles. The normalized spacial score (nSPS) is 10.7. The zero-order chi connectivity index (χ0) is 18.7. The molecule has 0 aliphatic heterocycles. The van der Waals surface area contributed by atoms with Gasteiger partial charge in [0.15, 0.2) is 0 Å². The number of hydrogen-bond donors (Lipinski definition) is 1. The lowest BCUT2D eigenvalue weighted by Gasteiger charge is -2.21. The molecular weight excluding hydrogens is 396 g/mol. The number of halogens is 1. The van der Waals surface area contributed by atoms with Gasteiger partial charge in [-0.25, -0.2) is 4.79 Å². The quantitative estimate of drug-likeness (QED) is 0.616. The van der Waals surface area contributed by atoms with Gasteiger partial charge in [0.25, 0.3) is 5.91 Å². The van der Waals surface area contributed by atoms with Crippen molar-refractivity contribution in [2.75, 3.05) is 23.3 Å². The minimum absolute atomic E-state index is 0.0246. The number of nitrogens with one attached hydrogen (secondary N) is 1. The number of carbonyl (C=O) groups is 1. The lowest BCUT2D eigenvalue weighted by atomic mass is 10.1. The molecule has 3 aromatic rings. The van der Waals surface area contributed by atoms with E-state index in [4.69, 9.17) is 4.42 Å². The largest absolute Gasteiger partial charge is 0.422 e. The van der Waals surface area contributed by atoms with Crippen molar-refractivity contribution in [3.05, 3.63) is 69.0 Å². The van der Waals surface area contributed by atoms with Gasteiger partial charge in [0, 0.05) is 34.3 Å². The third-order valence-electron chi connectivity index (χ3n) is 4.19. The number of nitrogens with zero attached hydrogens (tertiary/aromatic N) is 1. The second-order valence-corrected chi connectivity index (χ2v) is 6.72. The lowest BCUT2D eigenvalue weighted by Crippen LogP contribution is -2.22. The van der Waals surface area contributed by atoms with Crippen LogP contribution in [0.1, 0.15) is 24.2 Å². The van der Waals surface area contributed by atoms with Crippen LogP contribution in [-0.2, 0) is 0 Å². The number of fused-ring (bicyclic) bond motifs is 1. The zero-order valence-electron chi connectivity index (χ0n) is 14.6. The summed E-state index contributed by atoms with van der Waals surface area (Å²) in [6.07, 6.45) is 0. The van der Waals surface area contributed by atoms with Crippen molar-refractivity contribution in [1.29, 1.82) is 0 Å². The average molecular weight is 415 g/mol. The van der Waals surface area contributed by atoms with Gasteiger partial charge in [0.2, 0.25) is 0 Å². The fourth-order valence-electron chi connectivity index (χ4n) is 2.80. The average Bonchev–Trinajstić information content (AvgIpc) is 2.64. The molecule has 1 heterocycles. The highest BCUT2D eigenvalue weighted by Crippen LogP contribution is 2.21. The number of benzene rings is 2. The SMILES string of the molecule is CCN(CC)c1ccc(NC(=O)c2cc3cc(Br)ccc3oc2=O)cc1. The topological polar surface area (TPSA) is 62.6 Å². The van der Waals surface area contributed by atoms with Crippen molar-refractivity contribution >= 4 is 44.2 Å². The fourth-order valence-corrected chi connectivity index (χ4v) is 3.17. The van der Waals surface area contributed by atoms with E-state index in [1.165, 1.54) is 0 Å². The molecule has 0 fully saturated rings. The molecule has 6 heteroatoms. The van der Waals surface area contributed by atoms with Gasteiger partial charge in [-0.3, -0.25) is 4.79 Å². The van der Waals surface area contributed by atoms with E-state index in [1.807, 2.05) is 24.3 Å². The Balaban J connectivity index is 1.85. The monoisotopic (exact) mass is 414 g/mol. The maximum Gasteiger partial charge on any atom is 0.349 e. The van der Waals surface area contributed by atoms with E-state index in [0.29, 0.717) is 16.7 Å². The first-order valence-electron chi connectivity index (χ1n) is 8.41. The van der Waals surface area contributed by atoms with Crippen LogP contribution in [-0.4, -0.2) is 19.0 Å². The van der Waals surface area contributed by atoms with Crippen molar-refractivity contribution in [2.45, 2.75) is 13.8 Å². The molecule has 0 atom stereocenters. The number of anilines is 2. The molecule has 134 valence electrons. The Hall–Kier alpha value is -2.60. The molecule has 1 aromatic heterocycles. The standard InChI is InChI=1S/C20H19BrN2O3/c1-3-23(4-2)16-8-6-15(7-9-16)22-19(24)17-12-13-11-14(21)5-10-18(13)26-20(17)25/h5-12H,3-4H2,1-2H3,(H,22,24). The molecule has 1 N–H and O–H groups in total. The molecule has 26 heavy (non-hydrogen) atoms. The van der Waals surface area contributed by atoms with Gasteiger partial charge in [-0.2, -0.15) is 0 Å². The Labute approximate surface area is 159 Å². The molecule has 0 aliphatic rings. The van der Waals surface area contributed by atoms with Crippen LogP contribution in [0, 0.1) is 0 Å². The summed E-state index contributed by atoms with van der Waals surface area (Å²) in [5.74, 6) is -0.490. The van der Waals surface area contributed by atoms with Crippen molar-refractivity contribution in [3.63, 3.8) is 0 Å². The van der Waals surface area contributed by atoms with E-state index < -0.39 is 11.5 Å². The third kappa shape index (κ3) is 3.80. The van der Waals surface area contributed by atoms with Crippen LogP contribution in [0.2, 0.25) is 0 Å². The predicted molar refractivity (Wildman–Crippen MR) is 108 cm³/mol. The molecule has 0 bridgehead atoms. The number of rotatable bonds is 5. The summed E-state index contributed by atoms with van der Waals surface area (Å²) >= 11 is 3.37. The van der Waals surface area contributed by atoms with E-state index >= 15 is 0 Å². The van der Waals surface area contributed by atoms with Crippen molar-refractivity contribution < 1.29 is 9.21 Å². The fraction of sp³-hybridized carbons (Fsp3) is 0.200. The maximum absolute atomic E-state index is 12.5. The molecule has 0 saturated heterocycles. The van der Waals surface area contributed by atoms with Gasteiger partial charge >= 0.3 is 5.63 Å². The van der Waals surface area contributed by atoms with Crippen molar-refractivity contribution in [1.82, 2.24) is 0 Å². The Kier molecular flexibility index (Phi) is 5.42. The molecule has 1 amide bonds. The highest BCUT2D eigenvalue weighted by atomic mass is 79.9. The predicted octanol–water partition coefficient (Wildman–Crippen LogP) is 4.65. The van der Waals surface area contributed by atoms with Crippen LogP contribution < -0.4 is 15.8 Å². The Bertz CT molecular complexity index is 992. The van der Waals surface area contributed by atoms with Crippen molar-refractivity contribution in [3.8, 4) is 0 Å². The van der Waals surface area contributed by atoms with Gasteiger partial charge in [-0.05, 0) is 62.4 Å². The Morgan fingerprint density at radius 2 is 1.77 bits per heavy atom. The highest BCUT2D eigenvalue weighted by molar-refractivity contribution is 9.10. The number of amides is 1. The van der Waals surface area contributed by atoms with Gasteiger partial charge in [0.1, 0.15) is 11.1 Å². The van der Waals surface area contributed by atoms with E-state index in [1.54, 1.807) is 24.3 Å². The molecule has 0 spiro atoms. The Morgan fingerprint density at radius 1 is 1.08 bits per heavy atom. The number of carbonyl (C=O) groups excluding carboxylic acids is 1. The lowest BCUT2D eigenvalue weighted by molar-refractivity contribution is 0.102. The van der Waals surface area contributed by atoms with Crippen LogP contribution >= 0.6 is 15.9 Å². The number of hydrogen-bond acceptors (Lipinski definition) is 4. The summed E-state index contributed by atoms with van der Waals surface area (Å²) in [5, 5.41) is 3.43. The molecule has 5 nitrogen and oxygen atoms in total. The molecule has 0 aliphatic carbocycles. The molecule has 0 unspecified atom stereocenters. The molecule has 0 saturated carbocycles. The van der Waals surface area contributed by atoms with E-state index in [2.05, 4.69) is 40.0 Å². The summed E-state index contributed by atoms with van der Waals surface area (Å²) in [7, 11) is 0. The first-order valence-corrected chi connectivity index (χ1v) is 9.21. The molecule has 0 radical (unpaired) electrons. The van der Waals surface area contributed by atoms with E-state index in [-0.39, 0.29) is 5.56 Å². The Morgan fingerprint density at radius 3 is 2.42 bits per heavy atom. The van der Waals surface area contributed by atoms with E-state index in [0.717, 1.165) is 23.2 Å². The first kappa shape index (κ1) is 18.2.